The fraction of sp³-hybridized carbons (Fsp3) is 0.400. The Morgan fingerprint density at radius 3 is 2.45 bits per heavy atom. The van der Waals surface area contributed by atoms with Crippen molar-refractivity contribution in [2.75, 3.05) is 46.4 Å². The molecule has 0 radical (unpaired) electrons. The second-order valence-corrected chi connectivity index (χ2v) is 13.5. The number of nitrogens with zero attached hydrogens (tertiary/aromatic N) is 3. The molecule has 3 aromatic rings. The zero-order chi connectivity index (χ0) is 29.5. The third kappa shape index (κ3) is 5.35. The van der Waals surface area contributed by atoms with Crippen molar-refractivity contribution < 1.29 is 32.2 Å². The molecule has 3 heterocycles. The topological polar surface area (TPSA) is 106 Å². The summed E-state index contributed by atoms with van der Waals surface area (Å²) >= 11 is 6.09. The SMILES string of the molecule is COCC12CN(S(=O)(=O)c3ccc4cc(Cl)ccc4c3)CC(=O)N1CC1(CCN(C(=O)OCc3ccccc3)CC1)O2. The predicted molar refractivity (Wildman–Crippen MR) is 155 cm³/mol. The maximum absolute atomic E-state index is 13.8. The molecule has 3 saturated heterocycles. The van der Waals surface area contributed by atoms with Crippen LogP contribution in [-0.4, -0.2) is 92.3 Å². The van der Waals surface area contributed by atoms with Crippen LogP contribution in [0.4, 0.5) is 4.79 Å². The maximum atomic E-state index is 13.8. The van der Waals surface area contributed by atoms with Crippen molar-refractivity contribution in [2.24, 2.45) is 0 Å². The highest BCUT2D eigenvalue weighted by molar-refractivity contribution is 7.89. The van der Waals surface area contributed by atoms with E-state index in [1.807, 2.05) is 30.3 Å². The Kier molecular flexibility index (Phi) is 7.65. The summed E-state index contributed by atoms with van der Waals surface area (Å²) in [6.45, 7) is 0.899. The van der Waals surface area contributed by atoms with Crippen LogP contribution in [0.15, 0.2) is 71.6 Å². The molecule has 3 aromatic carbocycles. The van der Waals surface area contributed by atoms with E-state index in [9.17, 15) is 18.0 Å². The third-order valence-corrected chi connectivity index (χ3v) is 10.3. The first-order valence-corrected chi connectivity index (χ1v) is 15.6. The van der Waals surface area contributed by atoms with Gasteiger partial charge >= 0.3 is 6.09 Å². The Morgan fingerprint density at radius 2 is 1.71 bits per heavy atom. The first-order valence-electron chi connectivity index (χ1n) is 13.8. The van der Waals surface area contributed by atoms with Gasteiger partial charge in [0.05, 0.1) is 36.7 Å². The summed E-state index contributed by atoms with van der Waals surface area (Å²) in [5.41, 5.74) is -1.10. The molecule has 6 rings (SSSR count). The minimum Gasteiger partial charge on any atom is -0.445 e. The predicted octanol–water partition coefficient (Wildman–Crippen LogP) is 3.87. The molecule has 12 heteroatoms. The fourth-order valence-electron chi connectivity index (χ4n) is 6.14. The quantitative estimate of drug-likeness (QED) is 0.416. The lowest BCUT2D eigenvalue weighted by Crippen LogP contribution is -2.65. The Bertz CT molecular complexity index is 1610. The van der Waals surface area contributed by atoms with E-state index in [0.29, 0.717) is 37.5 Å². The van der Waals surface area contributed by atoms with Crippen molar-refractivity contribution in [2.45, 2.75) is 35.7 Å². The number of likely N-dealkylation sites (tertiary alicyclic amines) is 1. The van der Waals surface area contributed by atoms with E-state index >= 15 is 0 Å². The number of halogens is 1. The second kappa shape index (κ2) is 11.1. The normalized spacial score (nSPS) is 22.5. The molecule has 0 saturated carbocycles. The molecule has 1 unspecified atom stereocenters. The van der Waals surface area contributed by atoms with Crippen molar-refractivity contribution >= 4 is 44.4 Å². The Labute approximate surface area is 249 Å². The molecular formula is C30H32ClN3O7S. The second-order valence-electron chi connectivity index (χ2n) is 11.1. The molecule has 0 bridgehead atoms. The molecule has 2 amide bonds. The summed E-state index contributed by atoms with van der Waals surface area (Å²) in [5.74, 6) is -0.351. The van der Waals surface area contributed by atoms with Crippen LogP contribution in [-0.2, 0) is 35.6 Å². The standard InChI is InChI=1S/C30H32ClN3O7S/c1-39-21-30-20-33(42(37,38)26-10-8-23-15-25(31)9-7-24(23)16-26)17-27(35)34(30)19-29(41-30)11-13-32(14-12-29)28(36)40-18-22-5-3-2-4-6-22/h2-10,15-16H,11-14,17-21H2,1H3. The number of methoxy groups -OCH3 is 1. The summed E-state index contributed by atoms with van der Waals surface area (Å²) in [6.07, 6.45) is 0.549. The van der Waals surface area contributed by atoms with Crippen LogP contribution in [0.3, 0.4) is 0 Å². The fourth-order valence-corrected chi connectivity index (χ4v) is 7.79. The summed E-state index contributed by atoms with van der Waals surface area (Å²) in [5, 5.41) is 2.10. The van der Waals surface area contributed by atoms with Crippen molar-refractivity contribution in [3.05, 3.63) is 77.3 Å². The zero-order valence-electron chi connectivity index (χ0n) is 23.2. The van der Waals surface area contributed by atoms with E-state index in [-0.39, 0.29) is 37.1 Å². The number of piperidine rings is 1. The van der Waals surface area contributed by atoms with E-state index < -0.39 is 27.4 Å². The minimum absolute atomic E-state index is 0.00552. The molecule has 1 atom stereocenters. The number of ether oxygens (including phenoxy) is 3. The van der Waals surface area contributed by atoms with Crippen LogP contribution in [0, 0.1) is 0 Å². The zero-order valence-corrected chi connectivity index (χ0v) is 24.8. The summed E-state index contributed by atoms with van der Waals surface area (Å²) < 4.78 is 46.5. The molecule has 42 heavy (non-hydrogen) atoms. The van der Waals surface area contributed by atoms with Gasteiger partial charge in [0.25, 0.3) is 0 Å². The van der Waals surface area contributed by atoms with Gasteiger partial charge in [0, 0.05) is 25.2 Å². The van der Waals surface area contributed by atoms with Gasteiger partial charge in [0.15, 0.2) is 5.72 Å². The van der Waals surface area contributed by atoms with Gasteiger partial charge in [-0.3, -0.25) is 4.79 Å². The van der Waals surface area contributed by atoms with Crippen molar-refractivity contribution in [1.29, 1.82) is 0 Å². The van der Waals surface area contributed by atoms with Crippen LogP contribution in [0.1, 0.15) is 18.4 Å². The van der Waals surface area contributed by atoms with E-state index in [1.165, 1.54) is 17.5 Å². The Balaban J connectivity index is 1.17. The highest BCUT2D eigenvalue weighted by Crippen LogP contribution is 2.44. The average Bonchev–Trinajstić information content (AvgIpc) is 3.30. The van der Waals surface area contributed by atoms with E-state index in [4.69, 9.17) is 25.8 Å². The molecule has 1 spiro atoms. The number of carbonyl (C=O) groups excluding carboxylic acids is 2. The number of amides is 2. The Morgan fingerprint density at radius 1 is 1.00 bits per heavy atom. The number of carbonyl (C=O) groups is 2. The monoisotopic (exact) mass is 613 g/mol. The van der Waals surface area contributed by atoms with Gasteiger partial charge in [-0.05, 0) is 53.4 Å². The first-order chi connectivity index (χ1) is 20.1. The smallest absolute Gasteiger partial charge is 0.410 e. The third-order valence-electron chi connectivity index (χ3n) is 8.30. The molecule has 0 aliphatic carbocycles. The number of benzene rings is 3. The van der Waals surface area contributed by atoms with Gasteiger partial charge in [-0.15, -0.1) is 0 Å². The average molecular weight is 614 g/mol. The van der Waals surface area contributed by atoms with E-state index in [1.54, 1.807) is 40.1 Å². The number of sulfonamides is 1. The lowest BCUT2D eigenvalue weighted by Gasteiger charge is -2.44. The lowest BCUT2D eigenvalue weighted by molar-refractivity contribution is -0.197. The van der Waals surface area contributed by atoms with Gasteiger partial charge in [-0.25, -0.2) is 13.2 Å². The molecule has 3 aliphatic heterocycles. The summed E-state index contributed by atoms with van der Waals surface area (Å²) in [6, 6.07) is 19.5. The number of rotatable bonds is 6. The van der Waals surface area contributed by atoms with Crippen LogP contribution >= 0.6 is 11.6 Å². The van der Waals surface area contributed by atoms with Gasteiger partial charge in [0.1, 0.15) is 6.61 Å². The van der Waals surface area contributed by atoms with E-state index in [2.05, 4.69) is 0 Å². The van der Waals surface area contributed by atoms with Gasteiger partial charge < -0.3 is 24.0 Å². The molecular weight excluding hydrogens is 582 g/mol. The molecule has 3 fully saturated rings. The van der Waals surface area contributed by atoms with Crippen LogP contribution in [0.25, 0.3) is 10.8 Å². The van der Waals surface area contributed by atoms with Crippen LogP contribution in [0.5, 0.6) is 0 Å². The minimum atomic E-state index is -4.04. The summed E-state index contributed by atoms with van der Waals surface area (Å²) in [4.78, 5) is 29.6. The van der Waals surface area contributed by atoms with Gasteiger partial charge in [-0.2, -0.15) is 4.31 Å². The molecule has 3 aliphatic rings. The highest BCUT2D eigenvalue weighted by Gasteiger charge is 2.61. The van der Waals surface area contributed by atoms with Gasteiger partial charge in [-0.1, -0.05) is 54.1 Å². The van der Waals surface area contributed by atoms with Gasteiger partial charge in [0.2, 0.25) is 15.9 Å². The van der Waals surface area contributed by atoms with Crippen molar-refractivity contribution in [3.63, 3.8) is 0 Å². The molecule has 10 nitrogen and oxygen atoms in total. The van der Waals surface area contributed by atoms with E-state index in [0.717, 1.165) is 16.3 Å². The molecule has 222 valence electrons. The van der Waals surface area contributed by atoms with Crippen LogP contribution < -0.4 is 0 Å². The van der Waals surface area contributed by atoms with Crippen molar-refractivity contribution in [1.82, 2.24) is 14.1 Å². The lowest BCUT2D eigenvalue weighted by atomic mass is 9.91. The van der Waals surface area contributed by atoms with Crippen LogP contribution in [0.2, 0.25) is 5.02 Å². The Hall–Kier alpha value is -3.22. The van der Waals surface area contributed by atoms with Crippen molar-refractivity contribution in [3.8, 4) is 0 Å². The summed E-state index contributed by atoms with van der Waals surface area (Å²) in [7, 11) is -2.54. The number of piperazine rings is 1. The number of hydrogen-bond acceptors (Lipinski definition) is 7. The molecule has 0 N–H and O–H groups in total. The highest BCUT2D eigenvalue weighted by atomic mass is 35.5. The number of fused-ring (bicyclic) bond motifs is 2. The first kappa shape index (κ1) is 28.9. The maximum Gasteiger partial charge on any atom is 0.410 e. The molecule has 0 aromatic heterocycles. The largest absolute Gasteiger partial charge is 0.445 e. The number of hydrogen-bond donors (Lipinski definition) is 0.